The second kappa shape index (κ2) is 14.1. The fourth-order valence-corrected chi connectivity index (χ4v) is 9.89. The summed E-state index contributed by atoms with van der Waals surface area (Å²) in [4.78, 5) is 3.87. The summed E-state index contributed by atoms with van der Waals surface area (Å²) in [5.74, 6) is 0. The van der Waals surface area contributed by atoms with Crippen LogP contribution in [0.4, 0.5) is 5.69 Å². The largest absolute Gasteiger partial charge is 0.500 e. The monoisotopic (exact) mass is 503 g/mol. The number of anilines is 1. The summed E-state index contributed by atoms with van der Waals surface area (Å²) < 4.78 is 34.9. The molecule has 0 fully saturated rings. The normalized spacial score (nSPS) is 16.6. The van der Waals surface area contributed by atoms with E-state index >= 15 is 0 Å². The van der Waals surface area contributed by atoms with Crippen LogP contribution < -0.4 is 4.90 Å². The molecule has 1 aromatic rings. The lowest BCUT2D eigenvalue weighted by atomic mass is 10.2. The minimum atomic E-state index is -2.62. The second-order valence-electron chi connectivity index (χ2n) is 7.51. The van der Waals surface area contributed by atoms with Crippen LogP contribution in [0, 0.1) is 0 Å². The first-order chi connectivity index (χ1) is 15.5. The fraction of sp³-hybridized carbons (Fsp3) is 0.727. The first kappa shape index (κ1) is 27.8. The molecule has 0 amide bonds. The number of benzene rings is 1. The Morgan fingerprint density at radius 1 is 0.812 bits per heavy atom. The molecule has 1 aliphatic rings. The summed E-state index contributed by atoms with van der Waals surface area (Å²) in [6.07, 6.45) is 2.99. The third kappa shape index (κ3) is 7.28. The van der Waals surface area contributed by atoms with Gasteiger partial charge in [0.05, 0.1) is 11.1 Å². The van der Waals surface area contributed by atoms with Gasteiger partial charge < -0.3 is 31.5 Å². The molecule has 0 radical (unpaired) electrons. The van der Waals surface area contributed by atoms with Gasteiger partial charge in [-0.2, -0.15) is 0 Å². The maximum Gasteiger partial charge on any atom is 0.500 e. The molecule has 2 rings (SSSR count). The van der Waals surface area contributed by atoms with Gasteiger partial charge in [-0.05, 0) is 52.2 Å². The van der Waals surface area contributed by atoms with Crippen LogP contribution in [0.25, 0.3) is 0 Å². The SMILES string of the molecule is CCO[Si](CCCN1c2ccccc2SC1CCC[Si](OC)(OC)OC)(OCC)OCC. The zero-order valence-electron chi connectivity index (χ0n) is 20.6. The van der Waals surface area contributed by atoms with Crippen LogP contribution in [-0.2, 0) is 26.6 Å². The topological polar surface area (TPSA) is 58.6 Å². The van der Waals surface area contributed by atoms with Crippen molar-refractivity contribution in [3.05, 3.63) is 24.3 Å². The van der Waals surface area contributed by atoms with Gasteiger partial charge in [-0.25, -0.2) is 0 Å². The average molecular weight is 504 g/mol. The summed E-state index contributed by atoms with van der Waals surface area (Å²) in [6.45, 7) is 8.80. The molecule has 0 saturated carbocycles. The van der Waals surface area contributed by atoms with E-state index in [1.807, 2.05) is 32.5 Å². The van der Waals surface area contributed by atoms with Crippen LogP contribution in [-0.4, -0.2) is 70.7 Å². The fourth-order valence-electron chi connectivity index (χ4n) is 4.16. The Labute approximate surface area is 200 Å². The molecule has 1 aliphatic heterocycles. The molecule has 7 nitrogen and oxygen atoms in total. The minimum Gasteiger partial charge on any atom is -0.377 e. The van der Waals surface area contributed by atoms with E-state index in [1.54, 1.807) is 21.3 Å². The molecule has 0 aliphatic carbocycles. The summed E-state index contributed by atoms with van der Waals surface area (Å²) in [7, 11) is -0.132. The highest BCUT2D eigenvalue weighted by atomic mass is 32.2. The van der Waals surface area contributed by atoms with Gasteiger partial charge in [-0.15, -0.1) is 0 Å². The maximum atomic E-state index is 6.04. The number of fused-ring (bicyclic) bond motifs is 1. The third-order valence-electron chi connectivity index (χ3n) is 5.63. The number of para-hydroxylation sites is 1. The molecule has 1 atom stereocenters. The van der Waals surface area contributed by atoms with Crippen LogP contribution in [0.3, 0.4) is 0 Å². The smallest absolute Gasteiger partial charge is 0.377 e. The Hall–Kier alpha value is -0.436. The van der Waals surface area contributed by atoms with E-state index in [2.05, 4.69) is 29.2 Å². The summed E-state index contributed by atoms with van der Waals surface area (Å²) in [5.41, 5.74) is 1.31. The predicted octanol–water partition coefficient (Wildman–Crippen LogP) is 5.02. The third-order valence-corrected chi connectivity index (χ3v) is 13.0. The van der Waals surface area contributed by atoms with Crippen molar-refractivity contribution in [2.75, 3.05) is 52.6 Å². The van der Waals surface area contributed by atoms with E-state index in [1.165, 1.54) is 10.6 Å². The van der Waals surface area contributed by atoms with Gasteiger partial charge in [-0.1, -0.05) is 23.9 Å². The molecule has 10 heteroatoms. The van der Waals surface area contributed by atoms with Gasteiger partial charge in [0.2, 0.25) is 0 Å². The van der Waals surface area contributed by atoms with E-state index in [4.69, 9.17) is 26.6 Å². The lowest BCUT2D eigenvalue weighted by molar-refractivity contribution is 0.0709. The van der Waals surface area contributed by atoms with E-state index in [0.29, 0.717) is 25.2 Å². The number of nitrogens with zero attached hydrogens (tertiary/aromatic N) is 1. The minimum absolute atomic E-state index is 0.381. The molecule has 0 bridgehead atoms. The Balaban J connectivity index is 2.03. The molecule has 0 N–H and O–H groups in total. The van der Waals surface area contributed by atoms with Crippen molar-refractivity contribution in [1.82, 2.24) is 0 Å². The van der Waals surface area contributed by atoms with Crippen LogP contribution in [0.1, 0.15) is 40.0 Å². The number of thioether (sulfide) groups is 1. The molecule has 184 valence electrons. The molecule has 32 heavy (non-hydrogen) atoms. The summed E-state index contributed by atoms with van der Waals surface area (Å²) in [5, 5.41) is 0.381. The van der Waals surface area contributed by atoms with E-state index in [-0.39, 0.29) is 0 Å². The van der Waals surface area contributed by atoms with Gasteiger partial charge in [0.15, 0.2) is 0 Å². The highest BCUT2D eigenvalue weighted by molar-refractivity contribution is 8.00. The van der Waals surface area contributed by atoms with Gasteiger partial charge in [0, 0.05) is 64.7 Å². The second-order valence-corrected chi connectivity index (χ2v) is 14.5. The highest BCUT2D eigenvalue weighted by Crippen LogP contribution is 2.45. The van der Waals surface area contributed by atoms with Gasteiger partial charge >= 0.3 is 17.6 Å². The van der Waals surface area contributed by atoms with Gasteiger partial charge in [0.25, 0.3) is 0 Å². The first-order valence-corrected chi connectivity index (χ1v) is 16.4. The van der Waals surface area contributed by atoms with Gasteiger partial charge in [-0.3, -0.25) is 0 Å². The van der Waals surface area contributed by atoms with Crippen molar-refractivity contribution in [2.24, 2.45) is 0 Å². The number of rotatable bonds is 17. The summed E-state index contributed by atoms with van der Waals surface area (Å²) in [6, 6.07) is 10.3. The molecule has 1 unspecified atom stereocenters. The predicted molar refractivity (Wildman–Crippen MR) is 134 cm³/mol. The van der Waals surface area contributed by atoms with Crippen LogP contribution >= 0.6 is 11.8 Å². The standard InChI is InChI=1S/C22H41NO6SSi2/c1-7-27-32(28-8-2,29-9-3)19-13-17-23-20-14-10-11-15-21(20)30-22(23)16-12-18-31(24-4,25-5)26-6/h10-11,14-15,22H,7-9,12-13,16-19H2,1-6H3. The Morgan fingerprint density at radius 2 is 1.38 bits per heavy atom. The lowest BCUT2D eigenvalue weighted by Gasteiger charge is -2.31. The van der Waals surface area contributed by atoms with Crippen molar-refractivity contribution in [1.29, 1.82) is 0 Å². The van der Waals surface area contributed by atoms with Crippen molar-refractivity contribution in [3.63, 3.8) is 0 Å². The molecule has 0 spiro atoms. The number of hydrogen-bond donors (Lipinski definition) is 0. The first-order valence-electron chi connectivity index (χ1n) is 11.6. The van der Waals surface area contributed by atoms with Crippen LogP contribution in [0.5, 0.6) is 0 Å². The Kier molecular flexibility index (Phi) is 12.2. The number of hydrogen-bond acceptors (Lipinski definition) is 8. The molecule has 1 heterocycles. The van der Waals surface area contributed by atoms with Crippen LogP contribution in [0.15, 0.2) is 29.2 Å². The Morgan fingerprint density at radius 3 is 1.94 bits per heavy atom. The molecular weight excluding hydrogens is 462 g/mol. The van der Waals surface area contributed by atoms with Crippen molar-refractivity contribution in [3.8, 4) is 0 Å². The van der Waals surface area contributed by atoms with Crippen molar-refractivity contribution >= 4 is 35.1 Å². The maximum absolute atomic E-state index is 6.04. The van der Waals surface area contributed by atoms with Crippen molar-refractivity contribution < 1.29 is 26.6 Å². The summed E-state index contributed by atoms with van der Waals surface area (Å²) >= 11 is 1.94. The average Bonchev–Trinajstić information content (AvgIpc) is 3.15. The molecular formula is C22H41NO6SSi2. The lowest BCUT2D eigenvalue weighted by Crippen LogP contribution is -2.46. The van der Waals surface area contributed by atoms with Crippen LogP contribution in [0.2, 0.25) is 12.1 Å². The molecule has 0 aromatic heterocycles. The van der Waals surface area contributed by atoms with E-state index in [9.17, 15) is 0 Å². The highest BCUT2D eigenvalue weighted by Gasteiger charge is 2.41. The molecule has 0 saturated heterocycles. The van der Waals surface area contributed by atoms with E-state index in [0.717, 1.165) is 37.9 Å². The van der Waals surface area contributed by atoms with Crippen molar-refractivity contribution in [2.45, 2.75) is 62.4 Å². The zero-order chi connectivity index (χ0) is 23.5. The molecule has 1 aromatic carbocycles. The zero-order valence-corrected chi connectivity index (χ0v) is 23.4. The Bertz CT molecular complexity index is 642. The van der Waals surface area contributed by atoms with Gasteiger partial charge in [0.1, 0.15) is 0 Å². The quantitative estimate of drug-likeness (QED) is 0.275. The van der Waals surface area contributed by atoms with E-state index < -0.39 is 17.6 Å².